The second kappa shape index (κ2) is 9.21. The summed E-state index contributed by atoms with van der Waals surface area (Å²) in [7, 11) is 0. The van der Waals surface area contributed by atoms with Crippen molar-refractivity contribution >= 4 is 22.3 Å². The third-order valence-corrected chi connectivity index (χ3v) is 8.01. The van der Waals surface area contributed by atoms with Crippen LogP contribution in [0.5, 0.6) is 0 Å². The van der Waals surface area contributed by atoms with Gasteiger partial charge in [-0.25, -0.2) is 18.4 Å². The Kier molecular flexibility index (Phi) is 6.34. The Morgan fingerprint density at radius 2 is 1.83 bits per heavy atom. The zero-order chi connectivity index (χ0) is 25.7. The monoisotopic (exact) mass is 509 g/mol. The fourth-order valence-corrected chi connectivity index (χ4v) is 5.32. The highest BCUT2D eigenvalue weighted by Gasteiger charge is 2.50. The number of aryl methyl sites for hydroxylation is 1. The van der Waals surface area contributed by atoms with Crippen molar-refractivity contribution in [2.75, 3.05) is 0 Å². The van der Waals surface area contributed by atoms with Crippen LogP contribution in [0.2, 0.25) is 0 Å². The first-order chi connectivity index (χ1) is 17.0. The summed E-state index contributed by atoms with van der Waals surface area (Å²) in [4.78, 5) is 9.44. The molecule has 0 saturated heterocycles. The number of nitrogens with one attached hydrogen (secondary N) is 1. The van der Waals surface area contributed by atoms with Gasteiger partial charge in [0.05, 0.1) is 29.1 Å². The zero-order valence-corrected chi connectivity index (χ0v) is 21.5. The van der Waals surface area contributed by atoms with E-state index in [1.54, 1.807) is 10.9 Å². The van der Waals surface area contributed by atoms with Crippen LogP contribution in [-0.4, -0.2) is 35.0 Å². The lowest BCUT2D eigenvalue weighted by atomic mass is 9.75. The quantitative estimate of drug-likeness (QED) is 0.326. The summed E-state index contributed by atoms with van der Waals surface area (Å²) in [5.41, 5.74) is 3.97. The first kappa shape index (κ1) is 24.8. The lowest BCUT2D eigenvalue weighted by Gasteiger charge is -2.40. The summed E-state index contributed by atoms with van der Waals surface area (Å²) in [5.74, 6) is -2.30. The molecular weight excluding hydrogens is 480 g/mol. The average molecular weight is 510 g/mol. The van der Waals surface area contributed by atoms with E-state index < -0.39 is 28.1 Å². The Labute approximate surface area is 212 Å². The van der Waals surface area contributed by atoms with E-state index >= 15 is 0 Å². The van der Waals surface area contributed by atoms with Gasteiger partial charge >= 0.3 is 0 Å². The summed E-state index contributed by atoms with van der Waals surface area (Å²) >= 11 is -1.43. The van der Waals surface area contributed by atoms with Gasteiger partial charge < -0.3 is 4.55 Å². The fraction of sp³-hybridized carbons (Fsp3) is 0.370. The first-order valence-electron chi connectivity index (χ1n) is 12.0. The van der Waals surface area contributed by atoms with Crippen molar-refractivity contribution in [3.05, 3.63) is 72.2 Å². The van der Waals surface area contributed by atoms with Crippen LogP contribution < -0.4 is 4.72 Å². The highest BCUT2D eigenvalue weighted by Crippen LogP contribution is 2.48. The normalized spacial score (nSPS) is 17.6. The van der Waals surface area contributed by atoms with Gasteiger partial charge in [-0.1, -0.05) is 24.3 Å². The highest BCUT2D eigenvalue weighted by molar-refractivity contribution is 7.90. The summed E-state index contributed by atoms with van der Waals surface area (Å²) in [6.07, 6.45) is 1.31. The Hall–Kier alpha value is -2.88. The molecule has 0 spiro atoms. The molecule has 6 nitrogen and oxygen atoms in total. The first-order valence-corrected chi connectivity index (χ1v) is 13.1. The molecule has 3 aromatic heterocycles. The van der Waals surface area contributed by atoms with Crippen molar-refractivity contribution in [2.45, 2.75) is 57.2 Å². The average Bonchev–Trinajstić information content (AvgIpc) is 3.23. The Bertz CT molecular complexity index is 1390. The van der Waals surface area contributed by atoms with Gasteiger partial charge in [-0.2, -0.15) is 5.10 Å². The minimum absolute atomic E-state index is 0.243. The van der Waals surface area contributed by atoms with E-state index in [2.05, 4.69) is 14.8 Å². The molecule has 188 valence electrons. The lowest BCUT2D eigenvalue weighted by molar-refractivity contribution is -0.118. The van der Waals surface area contributed by atoms with Crippen LogP contribution in [0.1, 0.15) is 51.0 Å². The standard InChI is InChI=1S/C27H29F2N5OS/c1-17-7-5-10-24(31-17)34-23-13-18(11-12-19(23)16-30-34)21-8-6-9-22(32-21)25(20-14-27(28,29)15-20)33-36(35)26(2,3)4/h5-13,16,20,25,33H,14-15H2,1-4H3/t25-,36-/m1/s1. The number of pyridine rings is 2. The van der Waals surface area contributed by atoms with Gasteiger partial charge in [0.25, 0.3) is 0 Å². The molecule has 1 aromatic carbocycles. The number of rotatable bonds is 6. The van der Waals surface area contributed by atoms with Gasteiger partial charge in [-0.3, -0.25) is 4.98 Å². The maximum Gasteiger partial charge on any atom is 0.248 e. The van der Waals surface area contributed by atoms with Crippen LogP contribution in [-0.2, 0) is 11.4 Å². The van der Waals surface area contributed by atoms with Gasteiger partial charge in [-0.05, 0) is 63.9 Å². The number of fused-ring (bicyclic) bond motifs is 1. The largest absolute Gasteiger partial charge is 0.598 e. The van der Waals surface area contributed by atoms with Crippen LogP contribution in [0.3, 0.4) is 0 Å². The summed E-state index contributed by atoms with van der Waals surface area (Å²) < 4.78 is 44.8. The van der Waals surface area contributed by atoms with E-state index in [0.717, 1.165) is 28.0 Å². The van der Waals surface area contributed by atoms with Gasteiger partial charge in [-0.15, -0.1) is 4.72 Å². The van der Waals surface area contributed by atoms with Gasteiger partial charge in [0.1, 0.15) is 4.75 Å². The molecule has 1 fully saturated rings. The minimum Gasteiger partial charge on any atom is -0.598 e. The molecule has 5 rings (SSSR count). The Balaban J connectivity index is 1.51. The maximum absolute atomic E-state index is 13.8. The molecule has 1 aliphatic carbocycles. The molecular formula is C27H29F2N5OS. The van der Waals surface area contributed by atoms with Crippen LogP contribution in [0.15, 0.2) is 60.8 Å². The lowest BCUT2D eigenvalue weighted by Crippen LogP contribution is -2.48. The molecule has 1 aliphatic rings. The molecule has 2 atom stereocenters. The predicted octanol–water partition coefficient (Wildman–Crippen LogP) is 5.93. The number of aromatic nitrogens is 4. The van der Waals surface area contributed by atoms with Gasteiger partial charge in [0.15, 0.2) is 5.82 Å². The second-order valence-electron chi connectivity index (χ2n) is 10.4. The van der Waals surface area contributed by atoms with Crippen molar-refractivity contribution in [1.29, 1.82) is 0 Å². The van der Waals surface area contributed by atoms with Crippen molar-refractivity contribution in [2.24, 2.45) is 5.92 Å². The maximum atomic E-state index is 13.8. The molecule has 36 heavy (non-hydrogen) atoms. The summed E-state index contributed by atoms with van der Waals surface area (Å²) in [6.45, 7) is 7.50. The molecule has 0 radical (unpaired) electrons. The van der Waals surface area contributed by atoms with Crippen molar-refractivity contribution in [1.82, 2.24) is 24.5 Å². The highest BCUT2D eigenvalue weighted by atomic mass is 32.2. The van der Waals surface area contributed by atoms with E-state index in [4.69, 9.17) is 4.98 Å². The van der Waals surface area contributed by atoms with Crippen molar-refractivity contribution < 1.29 is 13.3 Å². The predicted molar refractivity (Wildman–Crippen MR) is 138 cm³/mol. The van der Waals surface area contributed by atoms with Crippen molar-refractivity contribution in [3.63, 3.8) is 0 Å². The molecule has 0 aliphatic heterocycles. The number of halogens is 2. The molecule has 0 bridgehead atoms. The van der Waals surface area contributed by atoms with E-state index in [-0.39, 0.29) is 18.8 Å². The minimum atomic E-state index is -2.68. The number of nitrogens with zero attached hydrogens (tertiary/aromatic N) is 4. The number of benzene rings is 1. The third-order valence-electron chi connectivity index (χ3n) is 6.43. The van der Waals surface area contributed by atoms with Crippen LogP contribution >= 0.6 is 0 Å². The Morgan fingerprint density at radius 3 is 2.53 bits per heavy atom. The van der Waals surface area contributed by atoms with Gasteiger partial charge in [0, 0.05) is 40.8 Å². The van der Waals surface area contributed by atoms with Crippen LogP contribution in [0, 0.1) is 12.8 Å². The second-order valence-corrected chi connectivity index (χ2v) is 12.4. The smallest absolute Gasteiger partial charge is 0.248 e. The molecule has 3 heterocycles. The molecule has 9 heteroatoms. The van der Waals surface area contributed by atoms with E-state index in [0.29, 0.717) is 11.4 Å². The van der Waals surface area contributed by atoms with E-state index in [1.807, 2.05) is 82.3 Å². The van der Waals surface area contributed by atoms with Crippen LogP contribution in [0.4, 0.5) is 8.78 Å². The Morgan fingerprint density at radius 1 is 1.08 bits per heavy atom. The number of hydrogen-bond acceptors (Lipinski definition) is 5. The van der Waals surface area contributed by atoms with E-state index in [1.165, 1.54) is 0 Å². The zero-order valence-electron chi connectivity index (χ0n) is 20.7. The topological polar surface area (TPSA) is 78.7 Å². The molecule has 4 aromatic rings. The molecule has 0 unspecified atom stereocenters. The molecule has 1 saturated carbocycles. The van der Waals surface area contributed by atoms with Crippen LogP contribution in [0.25, 0.3) is 28.0 Å². The SMILES string of the molecule is Cc1cccc(-n2ncc3ccc(-c4cccc([C@H](N[S@+]([O-])C(C)(C)C)C5CC(F)(F)C5)n4)cc32)n1. The summed E-state index contributed by atoms with van der Waals surface area (Å²) in [5, 5.41) is 5.48. The number of alkyl halides is 2. The number of hydrogen-bond donors (Lipinski definition) is 1. The molecule has 0 amide bonds. The summed E-state index contributed by atoms with van der Waals surface area (Å²) in [6, 6.07) is 16.8. The third kappa shape index (κ3) is 5.00. The molecule has 1 N–H and O–H groups in total. The van der Waals surface area contributed by atoms with Crippen molar-refractivity contribution in [3.8, 4) is 17.1 Å². The fourth-order valence-electron chi connectivity index (χ4n) is 4.43. The van der Waals surface area contributed by atoms with E-state index in [9.17, 15) is 13.3 Å². The van der Waals surface area contributed by atoms with Gasteiger partial charge in [0.2, 0.25) is 5.92 Å².